The van der Waals surface area contributed by atoms with Crippen molar-refractivity contribution in [2.75, 3.05) is 17.7 Å². The van der Waals surface area contributed by atoms with E-state index in [0.717, 1.165) is 5.69 Å². The molecule has 4 nitrogen and oxygen atoms in total. The zero-order valence-corrected chi connectivity index (χ0v) is 11.4. The summed E-state index contributed by atoms with van der Waals surface area (Å²) in [5.74, 6) is -0.172. The van der Waals surface area contributed by atoms with Gasteiger partial charge in [0.1, 0.15) is 0 Å². The molecule has 0 radical (unpaired) electrons. The molecule has 0 unspecified atom stereocenters. The summed E-state index contributed by atoms with van der Waals surface area (Å²) in [5, 5.41) is 5.79. The first-order valence-corrected chi connectivity index (χ1v) is 6.30. The van der Waals surface area contributed by atoms with E-state index in [0.29, 0.717) is 16.8 Å². The van der Waals surface area contributed by atoms with Crippen LogP contribution in [0.5, 0.6) is 0 Å². The Morgan fingerprint density at radius 1 is 0.800 bits per heavy atom. The molecule has 2 rings (SSSR count). The third kappa shape index (κ3) is 3.23. The van der Waals surface area contributed by atoms with Gasteiger partial charge in [0, 0.05) is 29.5 Å². The summed E-state index contributed by atoms with van der Waals surface area (Å²) in [6, 6.07) is 14.0. The number of hydrogen-bond donors (Lipinski definition) is 2. The van der Waals surface area contributed by atoms with Gasteiger partial charge < -0.3 is 10.6 Å². The first-order chi connectivity index (χ1) is 9.60. The standard InChI is InChI=1S/C16H16N2O2/c1-11(19)12-3-9-15(10-4-12)18-16(20)13-5-7-14(17-2)8-6-13/h3-10,17H,1-2H3,(H,18,20). The van der Waals surface area contributed by atoms with Crippen LogP contribution in [-0.2, 0) is 0 Å². The number of ketones is 1. The first kappa shape index (κ1) is 13.8. The number of anilines is 2. The second-order valence-electron chi connectivity index (χ2n) is 4.42. The topological polar surface area (TPSA) is 58.2 Å². The van der Waals surface area contributed by atoms with Crippen LogP contribution in [0.2, 0.25) is 0 Å². The number of carbonyl (C=O) groups excluding carboxylic acids is 2. The fourth-order valence-electron chi connectivity index (χ4n) is 1.78. The molecule has 0 aliphatic heterocycles. The van der Waals surface area contributed by atoms with Gasteiger partial charge in [-0.2, -0.15) is 0 Å². The van der Waals surface area contributed by atoms with Crippen molar-refractivity contribution >= 4 is 23.1 Å². The zero-order chi connectivity index (χ0) is 14.5. The molecular weight excluding hydrogens is 252 g/mol. The van der Waals surface area contributed by atoms with Crippen LogP contribution in [0.4, 0.5) is 11.4 Å². The van der Waals surface area contributed by atoms with E-state index < -0.39 is 0 Å². The van der Waals surface area contributed by atoms with Crippen molar-refractivity contribution in [2.24, 2.45) is 0 Å². The average Bonchev–Trinajstić information content (AvgIpc) is 2.48. The number of rotatable bonds is 4. The highest BCUT2D eigenvalue weighted by Crippen LogP contribution is 2.13. The third-order valence-corrected chi connectivity index (χ3v) is 2.99. The minimum absolute atomic E-state index is 0.00512. The predicted octanol–water partition coefficient (Wildman–Crippen LogP) is 3.18. The lowest BCUT2D eigenvalue weighted by molar-refractivity contribution is 0.101. The number of amides is 1. The molecule has 0 aromatic heterocycles. The van der Waals surface area contributed by atoms with Crippen molar-refractivity contribution in [3.63, 3.8) is 0 Å². The molecular formula is C16H16N2O2. The van der Waals surface area contributed by atoms with Gasteiger partial charge >= 0.3 is 0 Å². The Balaban J connectivity index is 2.08. The van der Waals surface area contributed by atoms with Crippen LogP contribution in [0.15, 0.2) is 48.5 Å². The van der Waals surface area contributed by atoms with Crippen LogP contribution in [0, 0.1) is 0 Å². The summed E-state index contributed by atoms with van der Waals surface area (Å²) in [7, 11) is 1.83. The Bertz CT molecular complexity index is 616. The molecule has 0 saturated heterocycles. The molecule has 0 aliphatic carbocycles. The Morgan fingerprint density at radius 2 is 1.30 bits per heavy atom. The van der Waals surface area contributed by atoms with Gasteiger partial charge in [-0.25, -0.2) is 0 Å². The van der Waals surface area contributed by atoms with Crippen LogP contribution in [-0.4, -0.2) is 18.7 Å². The monoisotopic (exact) mass is 268 g/mol. The fourth-order valence-corrected chi connectivity index (χ4v) is 1.78. The fraction of sp³-hybridized carbons (Fsp3) is 0.125. The quantitative estimate of drug-likeness (QED) is 0.837. The van der Waals surface area contributed by atoms with E-state index in [4.69, 9.17) is 0 Å². The second kappa shape index (κ2) is 6.02. The van der Waals surface area contributed by atoms with Gasteiger partial charge in [0.2, 0.25) is 0 Å². The normalized spacial score (nSPS) is 9.90. The maximum absolute atomic E-state index is 12.0. The van der Waals surface area contributed by atoms with Crippen LogP contribution >= 0.6 is 0 Å². The molecule has 2 aromatic carbocycles. The molecule has 0 saturated carbocycles. The lowest BCUT2D eigenvalue weighted by Gasteiger charge is -2.06. The van der Waals surface area contributed by atoms with E-state index in [1.54, 1.807) is 36.4 Å². The van der Waals surface area contributed by atoms with Gasteiger partial charge in [0.15, 0.2) is 5.78 Å². The van der Waals surface area contributed by atoms with Gasteiger partial charge in [-0.3, -0.25) is 9.59 Å². The molecule has 20 heavy (non-hydrogen) atoms. The van der Waals surface area contributed by atoms with Gasteiger partial charge in [-0.05, 0) is 55.5 Å². The molecule has 1 amide bonds. The first-order valence-electron chi connectivity index (χ1n) is 6.30. The molecule has 0 atom stereocenters. The predicted molar refractivity (Wildman–Crippen MR) is 80.4 cm³/mol. The molecule has 0 heterocycles. The Hall–Kier alpha value is -2.62. The van der Waals surface area contributed by atoms with E-state index in [2.05, 4.69) is 10.6 Å². The van der Waals surface area contributed by atoms with Gasteiger partial charge in [0.25, 0.3) is 5.91 Å². The number of hydrogen-bond acceptors (Lipinski definition) is 3. The molecule has 2 N–H and O–H groups in total. The summed E-state index contributed by atoms with van der Waals surface area (Å²) in [4.78, 5) is 23.2. The van der Waals surface area contributed by atoms with Crippen molar-refractivity contribution in [3.8, 4) is 0 Å². The highest BCUT2D eigenvalue weighted by Gasteiger charge is 2.06. The summed E-state index contributed by atoms with van der Waals surface area (Å²) in [5.41, 5.74) is 2.83. The summed E-state index contributed by atoms with van der Waals surface area (Å²) in [6.45, 7) is 1.51. The minimum atomic E-state index is -0.178. The Kier molecular flexibility index (Phi) is 4.15. The average molecular weight is 268 g/mol. The number of Topliss-reactive ketones (excluding diaryl/α,β-unsaturated/α-hetero) is 1. The zero-order valence-electron chi connectivity index (χ0n) is 11.4. The van der Waals surface area contributed by atoms with E-state index >= 15 is 0 Å². The van der Waals surface area contributed by atoms with E-state index in [9.17, 15) is 9.59 Å². The Morgan fingerprint density at radius 3 is 1.80 bits per heavy atom. The minimum Gasteiger partial charge on any atom is -0.388 e. The van der Waals surface area contributed by atoms with E-state index in [-0.39, 0.29) is 11.7 Å². The van der Waals surface area contributed by atoms with Crippen LogP contribution < -0.4 is 10.6 Å². The molecule has 0 aliphatic rings. The third-order valence-electron chi connectivity index (χ3n) is 2.99. The van der Waals surface area contributed by atoms with Crippen molar-refractivity contribution in [1.82, 2.24) is 0 Å². The summed E-state index contributed by atoms with van der Waals surface area (Å²) in [6.07, 6.45) is 0. The van der Waals surface area contributed by atoms with Crippen LogP contribution in [0.3, 0.4) is 0 Å². The number of carbonyl (C=O) groups is 2. The summed E-state index contributed by atoms with van der Waals surface area (Å²) >= 11 is 0. The highest BCUT2D eigenvalue weighted by atomic mass is 16.1. The van der Waals surface area contributed by atoms with E-state index in [1.807, 2.05) is 19.2 Å². The van der Waals surface area contributed by atoms with Gasteiger partial charge in [-0.15, -0.1) is 0 Å². The molecule has 0 spiro atoms. The largest absolute Gasteiger partial charge is 0.388 e. The smallest absolute Gasteiger partial charge is 0.255 e. The second-order valence-corrected chi connectivity index (χ2v) is 4.42. The van der Waals surface area contributed by atoms with Crippen molar-refractivity contribution in [2.45, 2.75) is 6.92 Å². The molecule has 102 valence electrons. The molecule has 2 aromatic rings. The van der Waals surface area contributed by atoms with E-state index in [1.165, 1.54) is 6.92 Å². The van der Waals surface area contributed by atoms with Crippen molar-refractivity contribution in [3.05, 3.63) is 59.7 Å². The maximum atomic E-state index is 12.0. The maximum Gasteiger partial charge on any atom is 0.255 e. The lowest BCUT2D eigenvalue weighted by atomic mass is 10.1. The molecule has 0 fully saturated rings. The number of nitrogens with one attached hydrogen (secondary N) is 2. The number of benzene rings is 2. The van der Waals surface area contributed by atoms with Gasteiger partial charge in [0.05, 0.1) is 0 Å². The highest BCUT2D eigenvalue weighted by molar-refractivity contribution is 6.04. The van der Waals surface area contributed by atoms with Crippen molar-refractivity contribution < 1.29 is 9.59 Å². The Labute approximate surface area is 117 Å². The van der Waals surface area contributed by atoms with Crippen LogP contribution in [0.25, 0.3) is 0 Å². The molecule has 0 bridgehead atoms. The summed E-state index contributed by atoms with van der Waals surface area (Å²) < 4.78 is 0. The van der Waals surface area contributed by atoms with Crippen molar-refractivity contribution in [1.29, 1.82) is 0 Å². The van der Waals surface area contributed by atoms with Gasteiger partial charge in [-0.1, -0.05) is 0 Å². The van der Waals surface area contributed by atoms with Crippen LogP contribution in [0.1, 0.15) is 27.6 Å². The SMILES string of the molecule is CNc1ccc(C(=O)Nc2ccc(C(C)=O)cc2)cc1. The lowest BCUT2D eigenvalue weighted by Crippen LogP contribution is -2.11. The molecule has 4 heteroatoms.